The lowest BCUT2D eigenvalue weighted by Gasteiger charge is -2.16. The van der Waals surface area contributed by atoms with Gasteiger partial charge in [-0.25, -0.2) is 14.0 Å². The number of aryl methyl sites for hydroxylation is 2. The van der Waals surface area contributed by atoms with Crippen LogP contribution in [-0.2, 0) is 9.53 Å². The zero-order chi connectivity index (χ0) is 17.9. The Hall–Kier alpha value is -2.60. The molecule has 126 valence electrons. The van der Waals surface area contributed by atoms with Gasteiger partial charge in [-0.1, -0.05) is 23.7 Å². The van der Waals surface area contributed by atoms with Gasteiger partial charge in [-0.15, -0.1) is 0 Å². The van der Waals surface area contributed by atoms with Crippen molar-refractivity contribution in [1.82, 2.24) is 0 Å². The van der Waals surface area contributed by atoms with Gasteiger partial charge in [0, 0.05) is 0 Å². The number of benzene rings is 2. The normalized spacial score (nSPS) is 10.3. The summed E-state index contributed by atoms with van der Waals surface area (Å²) in [7, 11) is 0. The maximum absolute atomic E-state index is 14.0. The summed E-state index contributed by atoms with van der Waals surface area (Å²) in [5, 5.41) is 11.6. The first-order valence-electron chi connectivity index (χ1n) is 7.00. The van der Waals surface area contributed by atoms with E-state index in [4.69, 9.17) is 21.4 Å². The first-order valence-corrected chi connectivity index (χ1v) is 7.38. The van der Waals surface area contributed by atoms with Crippen LogP contribution in [0.3, 0.4) is 0 Å². The fourth-order valence-electron chi connectivity index (χ4n) is 2.24. The molecule has 0 fully saturated rings. The number of ether oxygens (including phenoxy) is 1. The summed E-state index contributed by atoms with van der Waals surface area (Å²) in [5.41, 5.74) is 1.88. The van der Waals surface area contributed by atoms with Gasteiger partial charge >= 0.3 is 11.9 Å². The number of aliphatic carboxylic acids is 1. The lowest BCUT2D eigenvalue weighted by Crippen LogP contribution is -2.15. The third kappa shape index (κ3) is 4.02. The molecule has 0 aliphatic rings. The molecule has 5 nitrogen and oxygen atoms in total. The Morgan fingerprint density at radius 3 is 2.58 bits per heavy atom. The molecule has 0 amide bonds. The van der Waals surface area contributed by atoms with Gasteiger partial charge in [-0.05, 0) is 43.2 Å². The molecule has 0 saturated carbocycles. The lowest BCUT2D eigenvalue weighted by atomic mass is 10.0. The second kappa shape index (κ2) is 7.31. The van der Waals surface area contributed by atoms with Crippen LogP contribution in [0, 0.1) is 19.7 Å². The van der Waals surface area contributed by atoms with Crippen molar-refractivity contribution in [3.8, 4) is 0 Å². The summed E-state index contributed by atoms with van der Waals surface area (Å²) >= 11 is 6.00. The predicted octanol–water partition coefficient (Wildman–Crippen LogP) is 4.08. The smallest absolute Gasteiger partial charge is 0.341 e. The van der Waals surface area contributed by atoms with Gasteiger partial charge < -0.3 is 15.2 Å². The summed E-state index contributed by atoms with van der Waals surface area (Å²) in [4.78, 5) is 22.8. The standard InChI is InChI=1S/C17H15ClFNO4/c1-9-6-10(2)15(11(7-9)17(23)24-8-14(21)22)20-16-12(18)4-3-5-13(16)19/h3-7,20H,8H2,1-2H3,(H,21,22). The van der Waals surface area contributed by atoms with Crippen LogP contribution in [0.25, 0.3) is 0 Å². The molecule has 24 heavy (non-hydrogen) atoms. The minimum Gasteiger partial charge on any atom is -0.479 e. The summed E-state index contributed by atoms with van der Waals surface area (Å²) in [6.45, 7) is 2.75. The number of esters is 1. The highest BCUT2D eigenvalue weighted by Crippen LogP contribution is 2.32. The van der Waals surface area contributed by atoms with Crippen molar-refractivity contribution in [3.63, 3.8) is 0 Å². The van der Waals surface area contributed by atoms with E-state index in [1.165, 1.54) is 24.3 Å². The fourth-order valence-corrected chi connectivity index (χ4v) is 2.45. The van der Waals surface area contributed by atoms with Crippen LogP contribution in [0.4, 0.5) is 15.8 Å². The highest BCUT2D eigenvalue weighted by molar-refractivity contribution is 6.33. The number of para-hydroxylation sites is 1. The summed E-state index contributed by atoms with van der Waals surface area (Å²) in [5.74, 6) is -2.66. The van der Waals surface area contributed by atoms with E-state index >= 15 is 0 Å². The van der Waals surface area contributed by atoms with Crippen molar-refractivity contribution in [2.75, 3.05) is 11.9 Å². The Balaban J connectivity index is 2.45. The van der Waals surface area contributed by atoms with E-state index in [-0.39, 0.29) is 16.3 Å². The van der Waals surface area contributed by atoms with E-state index in [1.54, 1.807) is 19.9 Å². The molecule has 2 aromatic rings. The number of carboxylic acids is 1. The van der Waals surface area contributed by atoms with Gasteiger partial charge in [-0.2, -0.15) is 0 Å². The van der Waals surface area contributed by atoms with Gasteiger partial charge in [0.15, 0.2) is 6.61 Å². The van der Waals surface area contributed by atoms with Crippen molar-refractivity contribution >= 4 is 34.9 Å². The molecule has 0 unspecified atom stereocenters. The summed E-state index contributed by atoms with van der Waals surface area (Å²) < 4.78 is 18.7. The molecule has 0 aliphatic heterocycles. The Kier molecular flexibility index (Phi) is 5.41. The molecule has 0 radical (unpaired) electrons. The number of hydrogen-bond donors (Lipinski definition) is 2. The number of carbonyl (C=O) groups is 2. The maximum Gasteiger partial charge on any atom is 0.341 e. The van der Waals surface area contributed by atoms with Gasteiger partial charge in [0.25, 0.3) is 0 Å². The van der Waals surface area contributed by atoms with Crippen LogP contribution in [0.1, 0.15) is 21.5 Å². The first-order chi connectivity index (χ1) is 11.3. The van der Waals surface area contributed by atoms with E-state index in [0.717, 1.165) is 5.56 Å². The van der Waals surface area contributed by atoms with E-state index in [2.05, 4.69) is 5.32 Å². The molecule has 0 spiro atoms. The molecule has 0 atom stereocenters. The number of nitrogens with one attached hydrogen (secondary N) is 1. The number of halogens is 2. The number of carboxylic acid groups (broad SMARTS) is 1. The Morgan fingerprint density at radius 2 is 1.96 bits per heavy atom. The number of carbonyl (C=O) groups excluding carboxylic acids is 1. The van der Waals surface area contributed by atoms with Gasteiger partial charge in [0.2, 0.25) is 0 Å². The Bertz CT molecular complexity index is 787. The van der Waals surface area contributed by atoms with Gasteiger partial charge in [-0.3, -0.25) is 0 Å². The number of anilines is 2. The average molecular weight is 352 g/mol. The molecular weight excluding hydrogens is 337 g/mol. The molecule has 2 N–H and O–H groups in total. The first kappa shape index (κ1) is 17.7. The van der Waals surface area contributed by atoms with Crippen LogP contribution in [0.5, 0.6) is 0 Å². The molecule has 2 aromatic carbocycles. The largest absolute Gasteiger partial charge is 0.479 e. The van der Waals surface area contributed by atoms with Crippen molar-refractivity contribution in [2.24, 2.45) is 0 Å². The molecule has 0 bridgehead atoms. The second-order valence-corrected chi connectivity index (χ2v) is 5.60. The minimum atomic E-state index is -1.26. The van der Waals surface area contributed by atoms with Crippen molar-refractivity contribution in [3.05, 3.63) is 57.9 Å². The average Bonchev–Trinajstić information content (AvgIpc) is 2.50. The minimum absolute atomic E-state index is 0.0263. The van der Waals surface area contributed by atoms with Crippen LogP contribution < -0.4 is 5.32 Å². The van der Waals surface area contributed by atoms with Gasteiger partial charge in [0.1, 0.15) is 5.82 Å². The molecule has 0 aromatic heterocycles. The van der Waals surface area contributed by atoms with E-state index in [1.807, 2.05) is 0 Å². The molecule has 2 rings (SSSR count). The predicted molar refractivity (Wildman–Crippen MR) is 88.5 cm³/mol. The van der Waals surface area contributed by atoms with Crippen LogP contribution in [-0.4, -0.2) is 23.7 Å². The molecule has 0 saturated heterocycles. The Labute approximate surface area is 143 Å². The monoisotopic (exact) mass is 351 g/mol. The van der Waals surface area contributed by atoms with Crippen molar-refractivity contribution in [1.29, 1.82) is 0 Å². The topological polar surface area (TPSA) is 75.6 Å². The van der Waals surface area contributed by atoms with Crippen LogP contribution in [0.2, 0.25) is 5.02 Å². The molecule has 0 heterocycles. The maximum atomic E-state index is 14.0. The van der Waals surface area contributed by atoms with Crippen molar-refractivity contribution < 1.29 is 23.8 Å². The highest BCUT2D eigenvalue weighted by Gasteiger charge is 2.19. The molecular formula is C17H15ClFNO4. The number of hydrogen-bond acceptors (Lipinski definition) is 4. The van der Waals surface area contributed by atoms with Gasteiger partial charge in [0.05, 0.1) is 22.0 Å². The molecule has 7 heteroatoms. The Morgan fingerprint density at radius 1 is 1.25 bits per heavy atom. The van der Waals surface area contributed by atoms with E-state index in [0.29, 0.717) is 11.3 Å². The zero-order valence-corrected chi connectivity index (χ0v) is 13.8. The van der Waals surface area contributed by atoms with E-state index in [9.17, 15) is 14.0 Å². The SMILES string of the molecule is Cc1cc(C)c(Nc2c(F)cccc2Cl)c(C(=O)OCC(=O)O)c1. The lowest BCUT2D eigenvalue weighted by molar-refractivity contribution is -0.140. The quantitative estimate of drug-likeness (QED) is 0.794. The summed E-state index contributed by atoms with van der Waals surface area (Å²) in [6.07, 6.45) is 0. The highest BCUT2D eigenvalue weighted by atomic mass is 35.5. The molecule has 0 aliphatic carbocycles. The third-order valence-corrected chi connectivity index (χ3v) is 3.55. The fraction of sp³-hybridized carbons (Fsp3) is 0.176. The third-order valence-electron chi connectivity index (χ3n) is 3.24. The van der Waals surface area contributed by atoms with E-state index < -0.39 is 24.4 Å². The second-order valence-electron chi connectivity index (χ2n) is 5.20. The van der Waals surface area contributed by atoms with Crippen LogP contribution in [0.15, 0.2) is 30.3 Å². The zero-order valence-electron chi connectivity index (χ0n) is 13.0. The van der Waals surface area contributed by atoms with Crippen molar-refractivity contribution in [2.45, 2.75) is 13.8 Å². The number of rotatable bonds is 5. The van der Waals surface area contributed by atoms with Crippen LogP contribution >= 0.6 is 11.6 Å². The summed E-state index contributed by atoms with van der Waals surface area (Å²) in [6, 6.07) is 7.55.